The minimum Gasteiger partial charge on any atom is -0.356 e. The highest BCUT2D eigenvalue weighted by atomic mass is 32.3. The summed E-state index contributed by atoms with van der Waals surface area (Å²) in [4.78, 5) is 14.6. The van der Waals surface area contributed by atoms with E-state index < -0.39 is 10.4 Å². The number of hydrogen-bond acceptors (Lipinski definition) is 6. The van der Waals surface area contributed by atoms with Gasteiger partial charge in [-0.25, -0.2) is 0 Å². The molecule has 0 atom stereocenters. The summed E-state index contributed by atoms with van der Waals surface area (Å²) in [7, 11) is -2.56. The normalized spacial score (nSPS) is 17.7. The van der Waals surface area contributed by atoms with Crippen LogP contribution in [0.3, 0.4) is 0 Å². The van der Waals surface area contributed by atoms with E-state index >= 15 is 0 Å². The van der Waals surface area contributed by atoms with Gasteiger partial charge in [-0.1, -0.05) is 0 Å². The third-order valence-corrected chi connectivity index (χ3v) is 4.89. The van der Waals surface area contributed by atoms with Crippen LogP contribution in [0, 0.1) is 6.92 Å². The smallest absolute Gasteiger partial charge is 0.356 e. The van der Waals surface area contributed by atoms with Crippen molar-refractivity contribution in [3.63, 3.8) is 0 Å². The van der Waals surface area contributed by atoms with E-state index in [0.29, 0.717) is 0 Å². The molecule has 2 N–H and O–H groups in total. The first kappa shape index (κ1) is 18.9. The molecule has 2 aromatic rings. The van der Waals surface area contributed by atoms with Crippen molar-refractivity contribution in [3.05, 3.63) is 11.8 Å². The maximum absolute atomic E-state index is 8.74. The van der Waals surface area contributed by atoms with E-state index in [4.69, 9.17) is 27.5 Å². The highest BCUT2D eigenvalue weighted by Crippen LogP contribution is 2.31. The highest BCUT2D eigenvalue weighted by molar-refractivity contribution is 7.79. The van der Waals surface area contributed by atoms with Crippen LogP contribution < -0.4 is 9.80 Å². The molecule has 0 radical (unpaired) electrons. The number of rotatable bonds is 2. The lowest BCUT2D eigenvalue weighted by Crippen LogP contribution is -2.24. The molecule has 0 bridgehead atoms. The topological polar surface area (TPSA) is 112 Å². The summed E-state index contributed by atoms with van der Waals surface area (Å²) in [6.45, 7) is 6.58. The van der Waals surface area contributed by atoms with Crippen molar-refractivity contribution in [2.75, 3.05) is 36.0 Å². The molecule has 144 valence electrons. The molecule has 0 aromatic carbocycles. The van der Waals surface area contributed by atoms with Gasteiger partial charge in [0.2, 0.25) is 5.95 Å². The Kier molecular flexibility index (Phi) is 5.35. The van der Waals surface area contributed by atoms with Gasteiger partial charge in [-0.2, -0.15) is 18.4 Å². The Bertz CT molecular complexity index is 876. The molecule has 4 rings (SSSR count). The molecule has 10 heteroatoms. The SMILES string of the molecule is Cc1cc2c(N3CCCC3)nc(N3CCCC3)nc2n1C.O=S(=O)(O)O. The van der Waals surface area contributed by atoms with E-state index in [1.54, 1.807) is 0 Å². The van der Waals surface area contributed by atoms with E-state index in [1.165, 1.54) is 36.8 Å². The van der Waals surface area contributed by atoms with Gasteiger partial charge in [-0.15, -0.1) is 0 Å². The van der Waals surface area contributed by atoms with E-state index in [2.05, 4.69) is 34.4 Å². The summed E-state index contributed by atoms with van der Waals surface area (Å²) < 4.78 is 33.8. The lowest BCUT2D eigenvalue weighted by Gasteiger charge is -2.21. The molecule has 2 aliphatic rings. The van der Waals surface area contributed by atoms with Crippen molar-refractivity contribution in [3.8, 4) is 0 Å². The second-order valence-corrected chi connectivity index (χ2v) is 7.66. The van der Waals surface area contributed by atoms with E-state index in [1.807, 2.05) is 0 Å². The fourth-order valence-electron chi connectivity index (χ4n) is 3.52. The number of hydrogen-bond donors (Lipinski definition) is 2. The number of aromatic nitrogens is 3. The Hall–Kier alpha value is -1.91. The molecule has 0 spiro atoms. The van der Waals surface area contributed by atoms with Crippen LogP contribution >= 0.6 is 0 Å². The fourth-order valence-corrected chi connectivity index (χ4v) is 3.52. The second kappa shape index (κ2) is 7.37. The van der Waals surface area contributed by atoms with Gasteiger partial charge in [0.25, 0.3) is 0 Å². The van der Waals surface area contributed by atoms with Crippen molar-refractivity contribution in [1.29, 1.82) is 0 Å². The van der Waals surface area contributed by atoms with Crippen LogP contribution in [0.2, 0.25) is 0 Å². The molecule has 4 heterocycles. The zero-order valence-corrected chi connectivity index (χ0v) is 15.9. The molecule has 2 aliphatic heterocycles. The van der Waals surface area contributed by atoms with Gasteiger partial charge in [-0.05, 0) is 38.7 Å². The van der Waals surface area contributed by atoms with Crippen LogP contribution in [0.5, 0.6) is 0 Å². The standard InChI is InChI=1S/C16H23N5.H2O4S/c1-12-11-13-14(19(12)2)17-16(21-9-5-6-10-21)18-15(13)20-7-3-4-8-20;1-5(2,3)4/h11H,3-10H2,1-2H3;(H2,1,2,3,4). The fraction of sp³-hybridized carbons (Fsp3) is 0.625. The Morgan fingerprint density at radius 1 is 0.962 bits per heavy atom. The molecule has 0 amide bonds. The molecule has 9 nitrogen and oxygen atoms in total. The average molecular weight is 383 g/mol. The van der Waals surface area contributed by atoms with Crippen LogP contribution in [-0.4, -0.2) is 58.2 Å². The van der Waals surface area contributed by atoms with Gasteiger partial charge in [-0.3, -0.25) is 9.11 Å². The molecule has 0 aliphatic carbocycles. The summed E-state index contributed by atoms with van der Waals surface area (Å²) in [5.74, 6) is 2.06. The van der Waals surface area contributed by atoms with Gasteiger partial charge < -0.3 is 14.4 Å². The van der Waals surface area contributed by atoms with Crippen molar-refractivity contribution in [2.45, 2.75) is 32.6 Å². The predicted molar refractivity (Wildman–Crippen MR) is 100 cm³/mol. The minimum atomic E-state index is -4.67. The minimum absolute atomic E-state index is 0.920. The molecular formula is C16H25N5O4S. The van der Waals surface area contributed by atoms with Gasteiger partial charge >= 0.3 is 10.4 Å². The number of aryl methyl sites for hydroxylation is 2. The first-order chi connectivity index (χ1) is 12.2. The maximum atomic E-state index is 8.74. The highest BCUT2D eigenvalue weighted by Gasteiger charge is 2.23. The summed E-state index contributed by atoms with van der Waals surface area (Å²) in [5.41, 5.74) is 2.32. The van der Waals surface area contributed by atoms with Gasteiger partial charge in [0.05, 0.1) is 5.39 Å². The summed E-state index contributed by atoms with van der Waals surface area (Å²) >= 11 is 0. The quantitative estimate of drug-likeness (QED) is 0.756. The van der Waals surface area contributed by atoms with Crippen molar-refractivity contribution in [2.24, 2.45) is 7.05 Å². The molecule has 2 fully saturated rings. The molecule has 0 saturated carbocycles. The molecule has 0 unspecified atom stereocenters. The molecule has 2 saturated heterocycles. The molecule has 2 aromatic heterocycles. The van der Waals surface area contributed by atoms with E-state index in [9.17, 15) is 0 Å². The van der Waals surface area contributed by atoms with Crippen molar-refractivity contribution < 1.29 is 17.5 Å². The van der Waals surface area contributed by atoms with Crippen LogP contribution in [-0.2, 0) is 17.4 Å². The first-order valence-corrected chi connectivity index (χ1v) is 10.2. The first-order valence-electron chi connectivity index (χ1n) is 8.78. The monoisotopic (exact) mass is 383 g/mol. The third kappa shape index (κ3) is 4.25. The zero-order valence-electron chi connectivity index (χ0n) is 15.1. The van der Waals surface area contributed by atoms with E-state index in [-0.39, 0.29) is 0 Å². The summed E-state index contributed by atoms with van der Waals surface area (Å²) in [5, 5.41) is 1.21. The van der Waals surface area contributed by atoms with Crippen LogP contribution in [0.4, 0.5) is 11.8 Å². The predicted octanol–water partition coefficient (Wildman–Crippen LogP) is 1.82. The number of nitrogens with zero attached hydrogens (tertiary/aromatic N) is 5. The van der Waals surface area contributed by atoms with E-state index in [0.717, 1.165) is 43.6 Å². The summed E-state index contributed by atoms with van der Waals surface area (Å²) in [6.07, 6.45) is 5.06. The largest absolute Gasteiger partial charge is 0.394 e. The average Bonchev–Trinajstić information content (AvgIpc) is 3.28. The van der Waals surface area contributed by atoms with Crippen LogP contribution in [0.25, 0.3) is 11.0 Å². The van der Waals surface area contributed by atoms with Gasteiger partial charge in [0, 0.05) is 38.9 Å². The Labute approximate surface area is 153 Å². The van der Waals surface area contributed by atoms with Gasteiger partial charge in [0.1, 0.15) is 11.5 Å². The Morgan fingerprint density at radius 2 is 1.46 bits per heavy atom. The molecular weight excluding hydrogens is 358 g/mol. The maximum Gasteiger partial charge on any atom is 0.394 e. The number of anilines is 2. The molecule has 26 heavy (non-hydrogen) atoms. The lowest BCUT2D eigenvalue weighted by atomic mass is 10.3. The van der Waals surface area contributed by atoms with Crippen molar-refractivity contribution >= 4 is 33.2 Å². The van der Waals surface area contributed by atoms with Gasteiger partial charge in [0.15, 0.2) is 0 Å². The lowest BCUT2D eigenvalue weighted by molar-refractivity contribution is 0.381. The van der Waals surface area contributed by atoms with Crippen LogP contribution in [0.15, 0.2) is 6.07 Å². The number of fused-ring (bicyclic) bond motifs is 1. The Balaban J connectivity index is 0.000000349. The van der Waals surface area contributed by atoms with Crippen molar-refractivity contribution in [1.82, 2.24) is 14.5 Å². The summed E-state index contributed by atoms with van der Waals surface area (Å²) in [6, 6.07) is 2.23. The Morgan fingerprint density at radius 3 is 2.00 bits per heavy atom. The van der Waals surface area contributed by atoms with Crippen LogP contribution in [0.1, 0.15) is 31.4 Å². The second-order valence-electron chi connectivity index (χ2n) is 6.77. The zero-order chi connectivity index (χ0) is 18.9. The third-order valence-electron chi connectivity index (χ3n) is 4.89.